The third-order valence-electron chi connectivity index (χ3n) is 1.78. The largest absolute Gasteiger partial charge is 0.352 e. The number of nitrogens with zero attached hydrogens (tertiary/aromatic N) is 1. The van der Waals surface area contributed by atoms with Crippen molar-refractivity contribution in [2.24, 2.45) is 4.99 Å². The van der Waals surface area contributed by atoms with E-state index in [2.05, 4.69) is 20.9 Å². The third kappa shape index (κ3) is 6.03. The lowest BCUT2D eigenvalue weighted by Crippen LogP contribution is -2.43. The van der Waals surface area contributed by atoms with Crippen LogP contribution >= 0.6 is 24.0 Å². The second-order valence-electron chi connectivity index (χ2n) is 3.28. The highest BCUT2D eigenvalue weighted by Crippen LogP contribution is 1.91. The zero-order chi connectivity index (χ0) is 11.3. The van der Waals surface area contributed by atoms with Crippen LogP contribution in [0.3, 0.4) is 0 Å². The van der Waals surface area contributed by atoms with E-state index in [4.69, 9.17) is 0 Å². The zero-order valence-corrected chi connectivity index (χ0v) is 11.1. The highest BCUT2D eigenvalue weighted by Gasteiger charge is 2.13. The number of carbonyl (C=O) groups excluding carboxylic acids is 1. The molecule has 0 aromatic heterocycles. The predicted molar refractivity (Wildman–Crippen MR) is 67.3 cm³/mol. The van der Waals surface area contributed by atoms with Gasteiger partial charge < -0.3 is 16.0 Å². The first kappa shape index (κ1) is 15.3. The first-order valence-electron chi connectivity index (χ1n) is 4.67. The van der Waals surface area contributed by atoms with Crippen molar-refractivity contribution < 1.29 is 13.6 Å². The number of alkyl halides is 2. The van der Waals surface area contributed by atoms with E-state index in [9.17, 15) is 13.6 Å². The molecule has 0 fully saturated rings. The Bertz CT molecular complexity index is 262. The van der Waals surface area contributed by atoms with Gasteiger partial charge in [-0.3, -0.25) is 9.79 Å². The van der Waals surface area contributed by atoms with Crippen LogP contribution in [-0.2, 0) is 4.79 Å². The van der Waals surface area contributed by atoms with E-state index >= 15 is 0 Å². The van der Waals surface area contributed by atoms with Gasteiger partial charge in [-0.15, -0.1) is 24.0 Å². The van der Waals surface area contributed by atoms with Crippen LogP contribution in [0.2, 0.25) is 0 Å². The van der Waals surface area contributed by atoms with E-state index in [0.717, 1.165) is 0 Å². The molecule has 0 aromatic rings. The summed E-state index contributed by atoms with van der Waals surface area (Å²) in [5.41, 5.74) is 0. The molecule has 0 bridgehead atoms. The first-order chi connectivity index (χ1) is 7.08. The molecule has 0 saturated heterocycles. The second-order valence-corrected chi connectivity index (χ2v) is 3.28. The smallest absolute Gasteiger partial charge is 0.255 e. The fraction of sp³-hybridized carbons (Fsp3) is 0.750. The summed E-state index contributed by atoms with van der Waals surface area (Å²) in [4.78, 5) is 15.0. The quantitative estimate of drug-likeness (QED) is 0.623. The number of nitrogens with one attached hydrogen (secondary N) is 3. The van der Waals surface area contributed by atoms with Crippen molar-refractivity contribution in [2.45, 2.75) is 19.4 Å². The summed E-state index contributed by atoms with van der Waals surface area (Å²) in [6.45, 7) is 1.94. The van der Waals surface area contributed by atoms with Crippen molar-refractivity contribution >= 4 is 35.8 Å². The molecule has 0 saturated carbocycles. The summed E-state index contributed by atoms with van der Waals surface area (Å²) < 4.78 is 23.4. The van der Waals surface area contributed by atoms with Crippen LogP contribution in [0.4, 0.5) is 8.78 Å². The van der Waals surface area contributed by atoms with Gasteiger partial charge in [0.15, 0.2) is 5.96 Å². The van der Waals surface area contributed by atoms with Gasteiger partial charge in [0.05, 0.1) is 19.6 Å². The summed E-state index contributed by atoms with van der Waals surface area (Å²) in [6.07, 6.45) is -2.52. The minimum Gasteiger partial charge on any atom is -0.352 e. The van der Waals surface area contributed by atoms with Gasteiger partial charge in [-0.05, 0) is 6.92 Å². The monoisotopic (exact) mass is 348 g/mol. The maximum absolute atomic E-state index is 11.7. The van der Waals surface area contributed by atoms with Gasteiger partial charge in [0.2, 0.25) is 5.91 Å². The Labute approximate surface area is 109 Å². The van der Waals surface area contributed by atoms with E-state index < -0.39 is 18.9 Å². The van der Waals surface area contributed by atoms with Crippen LogP contribution in [0.5, 0.6) is 0 Å². The molecule has 94 valence electrons. The molecule has 0 spiro atoms. The Morgan fingerprint density at radius 1 is 1.69 bits per heavy atom. The highest BCUT2D eigenvalue weighted by atomic mass is 127. The van der Waals surface area contributed by atoms with E-state index in [1.165, 1.54) is 0 Å². The molecule has 1 unspecified atom stereocenters. The summed E-state index contributed by atoms with van der Waals surface area (Å²) in [5, 5.41) is 7.79. The standard InChI is InChI=1S/C8H14F2N4O.HI/c1-5-2-12-8(14-5)13-4-7(15)11-3-6(9)10;/h5-6H,2-4H2,1H3,(H,11,15)(H2,12,13,14);1H. The molecule has 0 aromatic carbocycles. The predicted octanol–water partition coefficient (Wildman–Crippen LogP) is -0.0770. The van der Waals surface area contributed by atoms with Gasteiger partial charge in [-0.25, -0.2) is 8.78 Å². The van der Waals surface area contributed by atoms with Crippen LogP contribution in [0.15, 0.2) is 4.99 Å². The number of rotatable bonds is 4. The molecule has 1 amide bonds. The Kier molecular flexibility index (Phi) is 7.26. The first-order valence-corrected chi connectivity index (χ1v) is 4.67. The van der Waals surface area contributed by atoms with E-state index in [0.29, 0.717) is 12.5 Å². The lowest BCUT2D eigenvalue weighted by Gasteiger charge is -2.08. The maximum atomic E-state index is 11.7. The zero-order valence-electron chi connectivity index (χ0n) is 8.80. The van der Waals surface area contributed by atoms with Crippen LogP contribution in [0.1, 0.15) is 6.92 Å². The number of hydrogen-bond donors (Lipinski definition) is 3. The highest BCUT2D eigenvalue weighted by molar-refractivity contribution is 14.0. The van der Waals surface area contributed by atoms with E-state index in [-0.39, 0.29) is 36.6 Å². The van der Waals surface area contributed by atoms with Crippen molar-refractivity contribution in [1.29, 1.82) is 0 Å². The Hall–Kier alpha value is -0.670. The van der Waals surface area contributed by atoms with Gasteiger partial charge in [0.1, 0.15) is 0 Å². The molecule has 3 N–H and O–H groups in total. The summed E-state index contributed by atoms with van der Waals surface area (Å²) >= 11 is 0. The molecule has 8 heteroatoms. The fourth-order valence-corrected chi connectivity index (χ4v) is 1.08. The van der Waals surface area contributed by atoms with E-state index in [1.54, 1.807) is 0 Å². The third-order valence-corrected chi connectivity index (χ3v) is 1.78. The lowest BCUT2D eigenvalue weighted by atomic mass is 10.4. The molecule has 0 radical (unpaired) electrons. The van der Waals surface area contributed by atoms with Crippen molar-refractivity contribution in [1.82, 2.24) is 16.0 Å². The number of amides is 1. The van der Waals surface area contributed by atoms with Gasteiger partial charge in [0, 0.05) is 6.04 Å². The number of hydrogen-bond acceptors (Lipinski definition) is 4. The minimum absolute atomic E-state index is 0. The summed E-state index contributed by atoms with van der Waals surface area (Å²) in [7, 11) is 0. The molecule has 1 aliphatic heterocycles. The Morgan fingerprint density at radius 3 is 2.88 bits per heavy atom. The van der Waals surface area contributed by atoms with Crippen molar-refractivity contribution in [3.63, 3.8) is 0 Å². The van der Waals surface area contributed by atoms with Crippen molar-refractivity contribution in [3.8, 4) is 0 Å². The topological polar surface area (TPSA) is 65.5 Å². The molecule has 5 nitrogen and oxygen atoms in total. The van der Waals surface area contributed by atoms with Gasteiger partial charge in [-0.2, -0.15) is 0 Å². The van der Waals surface area contributed by atoms with Gasteiger partial charge in [-0.1, -0.05) is 0 Å². The van der Waals surface area contributed by atoms with Crippen LogP contribution < -0.4 is 16.0 Å². The van der Waals surface area contributed by atoms with E-state index in [1.807, 2.05) is 6.92 Å². The average molecular weight is 348 g/mol. The molecule has 1 atom stereocenters. The average Bonchev–Trinajstić information content (AvgIpc) is 2.58. The fourth-order valence-electron chi connectivity index (χ4n) is 1.08. The molecule has 1 aliphatic rings. The maximum Gasteiger partial charge on any atom is 0.255 e. The normalized spacial score (nSPS) is 18.5. The number of guanidine groups is 1. The number of halogens is 3. The second kappa shape index (κ2) is 7.58. The Balaban J connectivity index is 0.00000225. The Morgan fingerprint density at radius 2 is 2.38 bits per heavy atom. The van der Waals surface area contributed by atoms with Crippen LogP contribution in [0.25, 0.3) is 0 Å². The lowest BCUT2D eigenvalue weighted by molar-refractivity contribution is -0.120. The van der Waals surface area contributed by atoms with Crippen LogP contribution in [-0.4, -0.2) is 44.0 Å². The molecule has 1 rings (SSSR count). The SMILES string of the molecule is CC1CN=C(NCC(=O)NCC(F)F)N1.I. The summed E-state index contributed by atoms with van der Waals surface area (Å²) in [5.74, 6) is 0.0639. The number of carbonyl (C=O) groups is 1. The van der Waals surface area contributed by atoms with Gasteiger partial charge >= 0.3 is 0 Å². The number of aliphatic imine (C=N–C) groups is 1. The summed E-state index contributed by atoms with van der Waals surface area (Å²) in [6, 6.07) is 0.247. The molecule has 1 heterocycles. The minimum atomic E-state index is -2.52. The molecular weight excluding hydrogens is 333 g/mol. The van der Waals surface area contributed by atoms with Gasteiger partial charge in [0.25, 0.3) is 6.43 Å². The molecular formula is C8H15F2IN4O. The van der Waals surface area contributed by atoms with Crippen molar-refractivity contribution in [3.05, 3.63) is 0 Å². The molecule has 0 aliphatic carbocycles. The van der Waals surface area contributed by atoms with Crippen molar-refractivity contribution in [2.75, 3.05) is 19.6 Å². The van der Waals surface area contributed by atoms with Crippen LogP contribution in [0, 0.1) is 0 Å². The molecule has 16 heavy (non-hydrogen) atoms.